The molecule has 0 radical (unpaired) electrons. The van der Waals surface area contributed by atoms with Gasteiger partial charge in [0.05, 0.1) is 6.61 Å². The lowest BCUT2D eigenvalue weighted by atomic mass is 10.1. The summed E-state index contributed by atoms with van der Waals surface area (Å²) in [4.78, 5) is 18.9. The molecule has 5 heteroatoms. The van der Waals surface area contributed by atoms with Gasteiger partial charge >= 0.3 is 5.97 Å². The predicted octanol–water partition coefficient (Wildman–Crippen LogP) is 3.01. The van der Waals surface area contributed by atoms with Gasteiger partial charge in [0.25, 0.3) is 0 Å². The molecule has 0 aromatic heterocycles. The van der Waals surface area contributed by atoms with Crippen molar-refractivity contribution in [3.8, 4) is 12.5 Å². The zero-order valence-corrected chi connectivity index (χ0v) is 15.3. The molecule has 0 unspecified atom stereocenters. The van der Waals surface area contributed by atoms with Crippen LogP contribution in [0.25, 0.3) is 0 Å². The van der Waals surface area contributed by atoms with E-state index >= 15 is 0 Å². The molecule has 0 fully saturated rings. The van der Waals surface area contributed by atoms with Crippen molar-refractivity contribution in [1.82, 2.24) is 9.80 Å². The Bertz CT molecular complexity index is 525. The maximum atomic E-state index is 10.7. The molecule has 0 aliphatic rings. The predicted molar refractivity (Wildman–Crippen MR) is 95.7 cm³/mol. The molecule has 0 aliphatic carbocycles. The number of allylic oxidation sites excluding steroid dienone is 2. The quantitative estimate of drug-likeness (QED) is 0.215. The second-order valence-corrected chi connectivity index (χ2v) is 5.55. The molecule has 0 spiro atoms. The smallest absolute Gasteiger partial charge is 0.302 e. The highest BCUT2D eigenvalue weighted by molar-refractivity contribution is 5.98. The van der Waals surface area contributed by atoms with Crippen molar-refractivity contribution in [3.05, 3.63) is 23.7 Å². The van der Waals surface area contributed by atoms with Crippen LogP contribution in [0.5, 0.6) is 0 Å². The molecule has 0 aromatic rings. The Kier molecular flexibility index (Phi) is 9.48. The molecule has 0 N–H and O–H groups in total. The molecule has 0 heterocycles. The van der Waals surface area contributed by atoms with Crippen LogP contribution in [-0.4, -0.2) is 48.7 Å². The number of rotatable bonds is 9. The van der Waals surface area contributed by atoms with Crippen molar-refractivity contribution < 1.29 is 9.53 Å². The van der Waals surface area contributed by atoms with Crippen LogP contribution in [0.15, 0.2) is 28.7 Å². The number of hydrogen-bond acceptors (Lipinski definition) is 5. The third-order valence-electron chi connectivity index (χ3n) is 3.54. The van der Waals surface area contributed by atoms with Crippen LogP contribution in [0.1, 0.15) is 40.5 Å². The van der Waals surface area contributed by atoms with Crippen molar-refractivity contribution in [2.24, 2.45) is 4.99 Å². The summed E-state index contributed by atoms with van der Waals surface area (Å²) in [6, 6.07) is 2.69. The average Bonchev–Trinajstić information content (AvgIpc) is 2.48. The maximum absolute atomic E-state index is 10.7. The first kappa shape index (κ1) is 20.8. The Balaban J connectivity index is 4.78. The van der Waals surface area contributed by atoms with E-state index in [4.69, 9.17) is 11.2 Å². The number of nitrogens with zero attached hydrogens (tertiary/aromatic N) is 3. The lowest BCUT2D eigenvalue weighted by molar-refractivity contribution is -0.141. The van der Waals surface area contributed by atoms with Crippen molar-refractivity contribution in [3.63, 3.8) is 0 Å². The van der Waals surface area contributed by atoms with Gasteiger partial charge in [0.2, 0.25) is 0 Å². The second-order valence-electron chi connectivity index (χ2n) is 5.55. The monoisotopic (exact) mass is 319 g/mol. The fourth-order valence-corrected chi connectivity index (χ4v) is 1.76. The van der Waals surface area contributed by atoms with Gasteiger partial charge < -0.3 is 14.5 Å². The van der Waals surface area contributed by atoms with E-state index in [0.717, 1.165) is 29.8 Å². The summed E-state index contributed by atoms with van der Waals surface area (Å²) < 4.78 is 4.92. The largest absolute Gasteiger partial charge is 0.466 e. The maximum Gasteiger partial charge on any atom is 0.302 e. The van der Waals surface area contributed by atoms with Crippen molar-refractivity contribution in [1.29, 1.82) is 0 Å². The van der Waals surface area contributed by atoms with Crippen LogP contribution in [0.4, 0.5) is 0 Å². The Labute approximate surface area is 140 Å². The second kappa shape index (κ2) is 10.5. The molecular weight excluding hydrogens is 290 g/mol. The molecule has 0 rings (SSSR count). The zero-order chi connectivity index (χ0) is 18.0. The average molecular weight is 319 g/mol. The Morgan fingerprint density at radius 1 is 1.22 bits per heavy atom. The first-order chi connectivity index (χ1) is 10.7. The van der Waals surface area contributed by atoms with E-state index in [-0.39, 0.29) is 5.97 Å². The van der Waals surface area contributed by atoms with Crippen LogP contribution in [0.2, 0.25) is 0 Å². The third kappa shape index (κ3) is 8.10. The lowest BCUT2D eigenvalue weighted by Gasteiger charge is -2.21. The fourth-order valence-electron chi connectivity index (χ4n) is 1.76. The van der Waals surface area contributed by atoms with Gasteiger partial charge in [0, 0.05) is 45.0 Å². The van der Waals surface area contributed by atoms with E-state index in [0.29, 0.717) is 19.0 Å². The number of ether oxygens (including phenoxy) is 1. The Morgan fingerprint density at radius 2 is 1.83 bits per heavy atom. The summed E-state index contributed by atoms with van der Waals surface area (Å²) in [5.74, 6) is 0.446. The van der Waals surface area contributed by atoms with E-state index in [2.05, 4.69) is 17.6 Å². The van der Waals surface area contributed by atoms with Crippen molar-refractivity contribution >= 4 is 11.7 Å². The van der Waals surface area contributed by atoms with Crippen LogP contribution < -0.4 is 0 Å². The summed E-state index contributed by atoms with van der Waals surface area (Å²) in [6.07, 6.45) is 7.25. The lowest BCUT2D eigenvalue weighted by Crippen LogP contribution is -2.20. The Morgan fingerprint density at radius 3 is 2.30 bits per heavy atom. The number of esters is 1. The first-order valence-corrected chi connectivity index (χ1v) is 7.67. The van der Waals surface area contributed by atoms with Crippen LogP contribution in [0, 0.1) is 12.5 Å². The highest BCUT2D eigenvalue weighted by atomic mass is 16.5. The third-order valence-corrected chi connectivity index (χ3v) is 3.54. The van der Waals surface area contributed by atoms with Gasteiger partial charge in [-0.3, -0.25) is 4.79 Å². The van der Waals surface area contributed by atoms with Gasteiger partial charge in [-0.05, 0) is 39.2 Å². The molecule has 0 saturated heterocycles. The molecule has 0 aromatic carbocycles. The summed E-state index contributed by atoms with van der Waals surface area (Å²) in [5, 5.41) is 0. The van der Waals surface area contributed by atoms with Gasteiger partial charge in [0.15, 0.2) is 0 Å². The minimum absolute atomic E-state index is 0.251. The number of aliphatic imine (C=N–C) groups is 1. The number of unbranched alkanes of at least 4 members (excludes halogenated alkanes) is 1. The zero-order valence-electron chi connectivity index (χ0n) is 15.3. The SMILES string of the molecule is C#CN(CCCCOC(C)=O)/C(C)=C(\C)C(C)=NC(=C)N(C)C. The summed E-state index contributed by atoms with van der Waals surface area (Å²) in [5.41, 5.74) is 2.92. The van der Waals surface area contributed by atoms with Crippen LogP contribution >= 0.6 is 0 Å². The topological polar surface area (TPSA) is 45.1 Å². The molecule has 0 amide bonds. The normalized spacial score (nSPS) is 12.1. The standard InChI is InChI=1S/C18H29N3O2/c1-9-21(12-10-11-13-23-18(6)22)16(4)14(2)15(3)19-17(5)20(7)8/h1H,5,10-13H2,2-4,6-8H3/b16-14+,19-15?. The van der Waals surface area contributed by atoms with Gasteiger partial charge in [-0.15, -0.1) is 0 Å². The molecule has 0 saturated carbocycles. The number of carbonyl (C=O) groups is 1. The molecule has 5 nitrogen and oxygen atoms in total. The van der Waals surface area contributed by atoms with Gasteiger partial charge in [0.1, 0.15) is 5.82 Å². The van der Waals surface area contributed by atoms with Gasteiger partial charge in [-0.25, -0.2) is 4.99 Å². The fraction of sp³-hybridized carbons (Fsp3) is 0.556. The van der Waals surface area contributed by atoms with Crippen LogP contribution in [-0.2, 0) is 9.53 Å². The number of carbonyl (C=O) groups excluding carboxylic acids is 1. The number of hydrogen-bond donors (Lipinski definition) is 0. The first-order valence-electron chi connectivity index (χ1n) is 7.67. The minimum Gasteiger partial charge on any atom is -0.466 e. The van der Waals surface area contributed by atoms with Crippen molar-refractivity contribution in [2.45, 2.75) is 40.5 Å². The van der Waals surface area contributed by atoms with E-state index in [9.17, 15) is 4.79 Å². The number of terminal acetylenes is 1. The summed E-state index contributed by atoms with van der Waals surface area (Å²) >= 11 is 0. The molecule has 0 aliphatic heterocycles. The summed E-state index contributed by atoms with van der Waals surface area (Å²) in [6.45, 7) is 12.4. The summed E-state index contributed by atoms with van der Waals surface area (Å²) in [7, 11) is 3.81. The van der Waals surface area contributed by atoms with E-state index in [1.54, 1.807) is 0 Å². The van der Waals surface area contributed by atoms with E-state index < -0.39 is 0 Å². The Hall–Kier alpha value is -2.22. The molecule has 128 valence electrons. The highest BCUT2D eigenvalue weighted by Gasteiger charge is 2.09. The van der Waals surface area contributed by atoms with Gasteiger partial charge in [-0.2, -0.15) is 0 Å². The highest BCUT2D eigenvalue weighted by Crippen LogP contribution is 2.13. The minimum atomic E-state index is -0.251. The molecule has 23 heavy (non-hydrogen) atoms. The van der Waals surface area contributed by atoms with E-state index in [1.165, 1.54) is 6.92 Å². The van der Waals surface area contributed by atoms with Gasteiger partial charge in [-0.1, -0.05) is 13.0 Å². The van der Waals surface area contributed by atoms with Crippen LogP contribution in [0.3, 0.4) is 0 Å². The molecule has 0 atom stereocenters. The molecular formula is C18H29N3O2. The van der Waals surface area contributed by atoms with E-state index in [1.807, 2.05) is 44.7 Å². The molecule has 0 bridgehead atoms. The van der Waals surface area contributed by atoms with Crippen molar-refractivity contribution in [2.75, 3.05) is 27.2 Å².